The smallest absolute Gasteiger partial charge is 0.244 e. The van der Waals surface area contributed by atoms with Crippen molar-refractivity contribution < 1.29 is 12.8 Å². The normalized spacial score (nSPS) is 12.0. The topological polar surface area (TPSA) is 74.7 Å². The molecule has 1 N–H and O–H groups in total. The van der Waals surface area contributed by atoms with E-state index in [1.54, 1.807) is 32.0 Å². The molecule has 0 spiro atoms. The Morgan fingerprint density at radius 3 is 2.38 bits per heavy atom. The van der Waals surface area contributed by atoms with Crippen molar-refractivity contribution in [2.75, 3.05) is 18.5 Å². The van der Waals surface area contributed by atoms with Crippen LogP contribution in [0.1, 0.15) is 19.4 Å². The highest BCUT2D eigenvalue weighted by Crippen LogP contribution is 2.16. The molecule has 0 saturated heterocycles. The Morgan fingerprint density at radius 2 is 1.83 bits per heavy atom. The van der Waals surface area contributed by atoms with Crippen LogP contribution in [0.3, 0.4) is 0 Å². The molecule has 6 nitrogen and oxygen atoms in total. The van der Waals surface area contributed by atoms with E-state index in [1.807, 2.05) is 0 Å². The predicted molar refractivity (Wildman–Crippen MR) is 92.0 cm³/mol. The summed E-state index contributed by atoms with van der Waals surface area (Å²) in [5.74, 6) is 0.0960. The highest BCUT2D eigenvalue weighted by atomic mass is 32.2. The van der Waals surface area contributed by atoms with Gasteiger partial charge in [0.25, 0.3) is 0 Å². The molecule has 0 atom stereocenters. The van der Waals surface area contributed by atoms with Gasteiger partial charge in [-0.25, -0.2) is 17.8 Å². The second-order valence-electron chi connectivity index (χ2n) is 4.89. The van der Waals surface area contributed by atoms with Crippen LogP contribution in [0.4, 0.5) is 10.2 Å². The fourth-order valence-corrected chi connectivity index (χ4v) is 3.44. The lowest BCUT2D eigenvalue weighted by Crippen LogP contribution is -2.30. The van der Waals surface area contributed by atoms with E-state index >= 15 is 0 Å². The van der Waals surface area contributed by atoms with Crippen LogP contribution in [0.5, 0.6) is 0 Å². The molecular weight excluding hydrogens is 331 g/mol. The van der Waals surface area contributed by atoms with Crippen molar-refractivity contribution in [2.45, 2.75) is 18.7 Å². The summed E-state index contributed by atoms with van der Waals surface area (Å²) in [6.45, 7) is 4.38. The summed E-state index contributed by atoms with van der Waals surface area (Å²) in [5, 5.41) is 3.98. The average molecular weight is 350 g/mol. The fraction of sp³-hybridized carbons (Fsp3) is 0.250. The van der Waals surface area contributed by atoms with E-state index in [2.05, 4.69) is 15.5 Å². The molecule has 0 aliphatic carbocycles. The molecule has 0 unspecified atom stereocenters. The zero-order valence-electron chi connectivity index (χ0n) is 13.5. The van der Waals surface area contributed by atoms with Crippen LogP contribution in [0.25, 0.3) is 0 Å². The first-order valence-electron chi connectivity index (χ1n) is 7.48. The largest absolute Gasteiger partial charge is 0.261 e. The first kappa shape index (κ1) is 18.0. The van der Waals surface area contributed by atoms with Gasteiger partial charge in [-0.05, 0) is 29.8 Å². The Labute approximate surface area is 141 Å². The number of anilines is 1. The number of hydrogen-bond donors (Lipinski definition) is 1. The van der Waals surface area contributed by atoms with E-state index in [-0.39, 0.29) is 10.7 Å². The summed E-state index contributed by atoms with van der Waals surface area (Å²) in [6, 6.07) is 8.88. The molecule has 2 rings (SSSR count). The molecule has 1 aromatic carbocycles. The molecule has 0 fully saturated rings. The number of sulfonamides is 1. The zero-order chi connectivity index (χ0) is 17.6. The number of aromatic nitrogens is 1. The van der Waals surface area contributed by atoms with Crippen molar-refractivity contribution in [1.82, 2.24) is 9.29 Å². The van der Waals surface area contributed by atoms with Crippen LogP contribution < -0.4 is 5.43 Å². The number of hydrogen-bond acceptors (Lipinski definition) is 5. The Balaban J connectivity index is 2.05. The molecule has 0 amide bonds. The van der Waals surface area contributed by atoms with Crippen molar-refractivity contribution in [1.29, 1.82) is 0 Å². The Morgan fingerprint density at radius 1 is 1.17 bits per heavy atom. The maximum absolute atomic E-state index is 12.8. The third kappa shape index (κ3) is 4.36. The molecule has 8 heteroatoms. The quantitative estimate of drug-likeness (QED) is 0.615. The third-order valence-electron chi connectivity index (χ3n) is 3.34. The van der Waals surface area contributed by atoms with Gasteiger partial charge in [-0.1, -0.05) is 26.0 Å². The van der Waals surface area contributed by atoms with E-state index in [0.29, 0.717) is 18.9 Å². The van der Waals surface area contributed by atoms with Gasteiger partial charge in [-0.3, -0.25) is 5.43 Å². The second kappa shape index (κ2) is 7.98. The highest BCUT2D eigenvalue weighted by Gasteiger charge is 2.21. The Kier molecular flexibility index (Phi) is 5.99. The summed E-state index contributed by atoms with van der Waals surface area (Å²) in [7, 11) is -3.52. The zero-order valence-corrected chi connectivity index (χ0v) is 14.3. The van der Waals surface area contributed by atoms with Crippen molar-refractivity contribution in [2.24, 2.45) is 5.10 Å². The van der Waals surface area contributed by atoms with E-state index in [4.69, 9.17) is 0 Å². The summed E-state index contributed by atoms with van der Waals surface area (Å²) in [5.41, 5.74) is 3.43. The van der Waals surface area contributed by atoms with Crippen molar-refractivity contribution >= 4 is 22.1 Å². The molecule has 0 radical (unpaired) electrons. The van der Waals surface area contributed by atoms with Crippen molar-refractivity contribution in [3.63, 3.8) is 0 Å². The molecule has 1 heterocycles. The maximum atomic E-state index is 12.8. The van der Waals surface area contributed by atoms with Gasteiger partial charge in [0, 0.05) is 19.3 Å². The average Bonchev–Trinajstić information content (AvgIpc) is 2.58. The minimum Gasteiger partial charge on any atom is -0.261 e. The number of benzene rings is 1. The van der Waals surface area contributed by atoms with Gasteiger partial charge in [0.05, 0.1) is 6.21 Å². The van der Waals surface area contributed by atoms with Crippen molar-refractivity contribution in [3.8, 4) is 0 Å². The van der Waals surface area contributed by atoms with Crippen LogP contribution in [-0.4, -0.2) is 37.0 Å². The standard InChI is InChI=1S/C16H19FN4O2S/c1-3-21(4-2)24(22,23)15-9-10-16(18-12-15)20-19-11-13-5-7-14(17)8-6-13/h5-12H,3-4H2,1-2H3,(H,18,20)/b19-11+. The van der Waals surface area contributed by atoms with Crippen LogP contribution in [0.15, 0.2) is 52.6 Å². The van der Waals surface area contributed by atoms with E-state index in [0.717, 1.165) is 5.56 Å². The monoisotopic (exact) mass is 350 g/mol. The molecule has 0 aliphatic rings. The second-order valence-corrected chi connectivity index (χ2v) is 6.83. The van der Waals surface area contributed by atoms with E-state index < -0.39 is 10.0 Å². The van der Waals surface area contributed by atoms with Gasteiger partial charge in [0.1, 0.15) is 16.5 Å². The van der Waals surface area contributed by atoms with Gasteiger partial charge in [0.2, 0.25) is 10.0 Å². The molecule has 0 saturated carbocycles. The first-order valence-corrected chi connectivity index (χ1v) is 8.92. The SMILES string of the molecule is CCN(CC)S(=O)(=O)c1ccc(N/N=C/c2ccc(F)cc2)nc1. The van der Waals surface area contributed by atoms with E-state index in [1.165, 1.54) is 34.9 Å². The molecule has 0 bridgehead atoms. The third-order valence-corrected chi connectivity index (χ3v) is 5.38. The fourth-order valence-electron chi connectivity index (χ4n) is 2.03. The molecule has 128 valence electrons. The van der Waals surface area contributed by atoms with Gasteiger partial charge in [0.15, 0.2) is 0 Å². The van der Waals surface area contributed by atoms with Crippen molar-refractivity contribution in [3.05, 3.63) is 54.0 Å². The summed E-state index contributed by atoms with van der Waals surface area (Å²) >= 11 is 0. The molecule has 0 aliphatic heterocycles. The molecule has 2 aromatic rings. The summed E-state index contributed by atoms with van der Waals surface area (Å²) in [6.07, 6.45) is 2.81. The minimum absolute atomic E-state index is 0.138. The lowest BCUT2D eigenvalue weighted by atomic mass is 10.2. The van der Waals surface area contributed by atoms with Crippen LogP contribution in [0, 0.1) is 5.82 Å². The van der Waals surface area contributed by atoms with Gasteiger partial charge >= 0.3 is 0 Å². The number of rotatable bonds is 7. The lowest BCUT2D eigenvalue weighted by Gasteiger charge is -2.18. The van der Waals surface area contributed by atoms with Crippen LogP contribution in [-0.2, 0) is 10.0 Å². The predicted octanol–water partition coefficient (Wildman–Crippen LogP) is 2.70. The lowest BCUT2D eigenvalue weighted by molar-refractivity contribution is 0.445. The summed E-state index contributed by atoms with van der Waals surface area (Å²) < 4.78 is 38.8. The Hall–Kier alpha value is -2.32. The minimum atomic E-state index is -3.52. The van der Waals surface area contributed by atoms with Gasteiger partial charge < -0.3 is 0 Å². The molecule has 1 aromatic heterocycles. The molecular formula is C16H19FN4O2S. The summed E-state index contributed by atoms with van der Waals surface area (Å²) in [4.78, 5) is 4.19. The van der Waals surface area contributed by atoms with Crippen LogP contribution in [0.2, 0.25) is 0 Å². The number of nitrogens with zero attached hydrogens (tertiary/aromatic N) is 3. The number of nitrogens with one attached hydrogen (secondary N) is 1. The first-order chi connectivity index (χ1) is 11.5. The number of pyridine rings is 1. The van der Waals surface area contributed by atoms with E-state index in [9.17, 15) is 12.8 Å². The number of hydrazone groups is 1. The molecule has 24 heavy (non-hydrogen) atoms. The maximum Gasteiger partial charge on any atom is 0.244 e. The van der Waals surface area contributed by atoms with Crippen LogP contribution >= 0.6 is 0 Å². The van der Waals surface area contributed by atoms with Gasteiger partial charge in [-0.15, -0.1) is 0 Å². The number of halogens is 1. The highest BCUT2D eigenvalue weighted by molar-refractivity contribution is 7.89. The van der Waals surface area contributed by atoms with Gasteiger partial charge in [-0.2, -0.15) is 9.41 Å². The Bertz CT molecular complexity index is 786.